The molecule has 0 spiro atoms. The summed E-state index contributed by atoms with van der Waals surface area (Å²) in [5, 5.41) is 325. The van der Waals surface area contributed by atoms with Gasteiger partial charge in [-0.15, -0.1) is 0 Å². The van der Waals surface area contributed by atoms with Crippen LogP contribution in [0.25, 0.3) is 109 Å². The Morgan fingerprint density at radius 3 is 0.728 bits per heavy atom. The molecule has 0 bridgehead atoms. The predicted molar refractivity (Wildman–Crippen MR) is 268 cm³/mol. The molecule has 0 radical (unpaired) electrons. The van der Waals surface area contributed by atoms with Gasteiger partial charge in [0.1, 0.15) is 11.5 Å². The maximum atomic E-state index is 12.6. The fraction of sp³-hybridized carbons (Fsp3) is 0. The van der Waals surface area contributed by atoms with Crippen molar-refractivity contribution in [3.05, 3.63) is 0 Å². The number of hydrogen-bond acceptors (Lipinski definition) is 31. The van der Waals surface area contributed by atoms with Crippen LogP contribution in [0.2, 0.25) is 0 Å². The summed E-state index contributed by atoms with van der Waals surface area (Å²) >= 11 is 0. The molecule has 31 heteroatoms. The Hall–Kier alpha value is -12.7. The Morgan fingerprint density at radius 2 is 0.321 bits per heavy atom. The smallest absolute Gasteiger partial charge is 0.205 e. The highest BCUT2D eigenvalue weighted by molar-refractivity contribution is 6.35. The number of phenolic OH excluding ortho intramolecular Hbond substituents is 30. The highest BCUT2D eigenvalue weighted by Gasteiger charge is 2.42. The molecule has 10 aromatic carbocycles. The average molecular weight is 1130 g/mol. The van der Waals surface area contributed by atoms with E-state index in [9.17, 15) is 153 Å². The van der Waals surface area contributed by atoms with Crippen molar-refractivity contribution in [1.82, 2.24) is 0 Å². The summed E-state index contributed by atoms with van der Waals surface area (Å²) in [6.07, 6.45) is 0. The molecule has 31 nitrogen and oxygen atoms in total. The number of rotatable bonds is 3. The minimum atomic E-state index is -1.98. The summed E-state index contributed by atoms with van der Waals surface area (Å²) in [4.78, 5) is 0. The zero-order valence-electron chi connectivity index (χ0n) is 38.8. The molecule has 0 amide bonds. The van der Waals surface area contributed by atoms with Crippen LogP contribution in [-0.2, 0) is 0 Å². The Balaban J connectivity index is 1.44. The first kappa shape index (κ1) is 50.5. The normalized spacial score (nSPS) is 12.0. The first-order valence-corrected chi connectivity index (χ1v) is 21.9. The van der Waals surface area contributed by atoms with E-state index < -0.39 is 282 Å². The van der Waals surface area contributed by atoms with Crippen LogP contribution in [0.15, 0.2) is 4.42 Å². The van der Waals surface area contributed by atoms with E-state index in [4.69, 9.17) is 4.42 Å². The molecular formula is C50H30O31. The molecule has 81 heavy (non-hydrogen) atoms. The topological polar surface area (TPSA) is 620 Å². The molecule has 416 valence electrons. The summed E-state index contributed by atoms with van der Waals surface area (Å²) in [7, 11) is 0. The SMILES string of the molecule is Oc1c(O)c(-c2c3c(O)c(O)c(O)c(O)c3c(-c3c(O)c(O)c(O)c4oc5c(O)c6c(O)c(O)c(O)c(O)c6c(O)c5c34)c3c(O)c(O)c(O)c(O)c23)c(O)c(-c2c(O)c(O)c(O)c3c2c(O)c(O)c2c(O)c(O)c(O)c(O)c23)c1O. The predicted octanol–water partition coefficient (Wildman–Crippen LogP) is 5.52. The maximum Gasteiger partial charge on any atom is 0.205 e. The van der Waals surface area contributed by atoms with Gasteiger partial charge in [-0.3, -0.25) is 0 Å². The van der Waals surface area contributed by atoms with Gasteiger partial charge in [0.25, 0.3) is 0 Å². The second-order valence-electron chi connectivity index (χ2n) is 18.0. The van der Waals surface area contributed by atoms with Crippen LogP contribution in [0.3, 0.4) is 0 Å². The molecular weight excluding hydrogens is 1100 g/mol. The Morgan fingerprint density at radius 1 is 0.111 bits per heavy atom. The lowest BCUT2D eigenvalue weighted by atomic mass is 9.80. The number of benzene rings is 10. The van der Waals surface area contributed by atoms with E-state index in [0.717, 1.165) is 0 Å². The van der Waals surface area contributed by atoms with Crippen LogP contribution in [0, 0.1) is 0 Å². The van der Waals surface area contributed by atoms with Crippen molar-refractivity contribution in [3.63, 3.8) is 0 Å². The van der Waals surface area contributed by atoms with Crippen molar-refractivity contribution in [3.8, 4) is 206 Å². The van der Waals surface area contributed by atoms with E-state index in [1.165, 1.54) is 0 Å². The number of fused-ring (bicyclic) bond motifs is 9. The standard InChI is InChI=1S/C50H30O31/c51-19-13(31(63)38(70)32(64)14(19)10-8-9(27(59)37(69)28(10)60)11-15(30(62)21(8)53)33(65)44(76)43(75)29(11)61)2-5-3(22(54)39(71)41(73)24(5)56)1(4-6(2)25(57)42(74)40(72)23(4)55)7-12-18-20(52)16-17(35(67)46(78)45(77)34(16)66)36(68)50(18)81-49(12)48(80)47(79)26(7)58/h51-80H. The third-order valence-electron chi connectivity index (χ3n) is 14.1. The third kappa shape index (κ3) is 5.55. The monoisotopic (exact) mass is 1130 g/mol. The lowest BCUT2D eigenvalue weighted by molar-refractivity contribution is 0.349. The van der Waals surface area contributed by atoms with Crippen molar-refractivity contribution in [1.29, 1.82) is 0 Å². The summed E-state index contributed by atoms with van der Waals surface area (Å²) < 4.78 is 5.58. The molecule has 0 aliphatic carbocycles. The van der Waals surface area contributed by atoms with Crippen molar-refractivity contribution in [2.75, 3.05) is 0 Å². The van der Waals surface area contributed by atoms with Crippen LogP contribution < -0.4 is 0 Å². The maximum absolute atomic E-state index is 12.6. The zero-order chi connectivity index (χ0) is 59.6. The van der Waals surface area contributed by atoms with Crippen LogP contribution in [0.4, 0.5) is 0 Å². The molecule has 1 aromatic heterocycles. The first-order valence-electron chi connectivity index (χ1n) is 21.9. The van der Waals surface area contributed by atoms with Crippen molar-refractivity contribution in [2.24, 2.45) is 0 Å². The zero-order valence-corrected chi connectivity index (χ0v) is 38.8. The fourth-order valence-corrected chi connectivity index (χ4v) is 10.5. The minimum absolute atomic E-state index is 1.12. The molecule has 0 aliphatic rings. The van der Waals surface area contributed by atoms with Crippen LogP contribution in [0.5, 0.6) is 172 Å². The van der Waals surface area contributed by atoms with Gasteiger partial charge in [0.15, 0.2) is 103 Å². The van der Waals surface area contributed by atoms with Crippen molar-refractivity contribution >= 4 is 75.8 Å². The van der Waals surface area contributed by atoms with Gasteiger partial charge < -0.3 is 158 Å². The molecule has 0 saturated heterocycles. The van der Waals surface area contributed by atoms with Crippen LogP contribution >= 0.6 is 0 Å². The molecule has 0 saturated carbocycles. The largest absolute Gasteiger partial charge is 0.506 e. The number of hydrogen-bond donors (Lipinski definition) is 30. The summed E-state index contributed by atoms with van der Waals surface area (Å²) in [5.41, 5.74) is -11.8. The molecule has 0 unspecified atom stereocenters. The lowest BCUT2D eigenvalue weighted by Gasteiger charge is -2.25. The van der Waals surface area contributed by atoms with Gasteiger partial charge in [0.05, 0.1) is 32.7 Å². The van der Waals surface area contributed by atoms with Crippen LogP contribution in [0.1, 0.15) is 0 Å². The molecule has 11 aromatic rings. The van der Waals surface area contributed by atoms with E-state index >= 15 is 0 Å². The molecule has 0 fully saturated rings. The van der Waals surface area contributed by atoms with E-state index in [2.05, 4.69) is 0 Å². The summed E-state index contributed by atoms with van der Waals surface area (Å²) in [6, 6.07) is 0. The quantitative estimate of drug-likeness (QED) is 0.0448. The highest BCUT2D eigenvalue weighted by Crippen LogP contribution is 2.71. The molecule has 11 rings (SSSR count). The number of phenols is 30. The Bertz CT molecular complexity index is 4840. The molecule has 30 N–H and O–H groups in total. The van der Waals surface area contributed by atoms with E-state index in [0.29, 0.717) is 0 Å². The van der Waals surface area contributed by atoms with Crippen molar-refractivity contribution < 1.29 is 158 Å². The summed E-state index contributed by atoms with van der Waals surface area (Å²) in [5.74, 6) is -51.7. The second-order valence-corrected chi connectivity index (χ2v) is 18.0. The van der Waals surface area contributed by atoms with Gasteiger partial charge in [-0.2, -0.15) is 0 Å². The fourth-order valence-electron chi connectivity index (χ4n) is 10.5. The molecule has 0 aliphatic heterocycles. The van der Waals surface area contributed by atoms with Gasteiger partial charge in [-0.1, -0.05) is 0 Å². The van der Waals surface area contributed by atoms with E-state index in [-0.39, 0.29) is 0 Å². The lowest BCUT2D eigenvalue weighted by Crippen LogP contribution is -1.97. The highest BCUT2D eigenvalue weighted by atomic mass is 16.4. The van der Waals surface area contributed by atoms with Crippen molar-refractivity contribution in [2.45, 2.75) is 0 Å². The summed E-state index contributed by atoms with van der Waals surface area (Å²) in [6.45, 7) is 0. The molecule has 1 heterocycles. The number of aromatic hydroxyl groups is 30. The Kier molecular flexibility index (Phi) is 9.63. The average Bonchev–Trinajstić information content (AvgIpc) is 4.11. The van der Waals surface area contributed by atoms with Crippen LogP contribution in [-0.4, -0.2) is 153 Å². The van der Waals surface area contributed by atoms with Gasteiger partial charge in [-0.25, -0.2) is 0 Å². The molecule has 0 atom stereocenters. The van der Waals surface area contributed by atoms with Gasteiger partial charge in [-0.05, 0) is 0 Å². The minimum Gasteiger partial charge on any atom is -0.506 e. The Labute approximate surface area is 438 Å². The third-order valence-corrected chi connectivity index (χ3v) is 14.1. The van der Waals surface area contributed by atoms with Gasteiger partial charge in [0, 0.05) is 65.3 Å². The van der Waals surface area contributed by atoms with E-state index in [1.807, 2.05) is 0 Å². The second kappa shape index (κ2) is 15.5. The van der Waals surface area contributed by atoms with Gasteiger partial charge in [0.2, 0.25) is 69.0 Å². The first-order chi connectivity index (χ1) is 37.8. The van der Waals surface area contributed by atoms with E-state index in [1.54, 1.807) is 0 Å². The number of furan rings is 1. The van der Waals surface area contributed by atoms with Gasteiger partial charge >= 0.3 is 0 Å².